The van der Waals surface area contributed by atoms with Gasteiger partial charge < -0.3 is 4.90 Å². The molecule has 0 spiro atoms. The molecule has 3 rings (SSSR count). The van der Waals surface area contributed by atoms with E-state index in [1.165, 1.54) is 4.31 Å². The molecular weight excluding hydrogens is 402 g/mol. The summed E-state index contributed by atoms with van der Waals surface area (Å²) < 4.78 is 28.7. The Labute approximate surface area is 179 Å². The van der Waals surface area contributed by atoms with E-state index in [0.717, 1.165) is 11.1 Å². The molecule has 1 aliphatic rings. The van der Waals surface area contributed by atoms with Gasteiger partial charge in [-0.25, -0.2) is 8.42 Å². The minimum atomic E-state index is -3.38. The first kappa shape index (κ1) is 22.5. The number of nitrogens with zero attached hydrogens (tertiary/aromatic N) is 5. The molecule has 0 aliphatic carbocycles. The van der Waals surface area contributed by atoms with Gasteiger partial charge in [0.2, 0.25) is 15.9 Å². The number of benzene rings is 1. The first-order chi connectivity index (χ1) is 14.2. The fourth-order valence-electron chi connectivity index (χ4n) is 3.57. The fraction of sp³-hybridized carbons (Fsp3) is 0.524. The molecule has 9 heteroatoms. The predicted molar refractivity (Wildman–Crippen MR) is 116 cm³/mol. The smallest absolute Gasteiger partial charge is 0.236 e. The zero-order chi connectivity index (χ0) is 21.7. The summed E-state index contributed by atoms with van der Waals surface area (Å²) in [6, 6.07) is 9.40. The number of piperazine rings is 1. The van der Waals surface area contributed by atoms with Crippen LogP contribution in [-0.4, -0.2) is 77.0 Å². The van der Waals surface area contributed by atoms with E-state index >= 15 is 0 Å². The Morgan fingerprint density at radius 3 is 2.33 bits per heavy atom. The Hall–Kier alpha value is -2.23. The van der Waals surface area contributed by atoms with Crippen LogP contribution in [0.25, 0.3) is 0 Å². The first-order valence-corrected chi connectivity index (χ1v) is 11.9. The van der Waals surface area contributed by atoms with Crippen molar-refractivity contribution in [2.24, 2.45) is 7.05 Å². The molecule has 0 atom stereocenters. The van der Waals surface area contributed by atoms with Crippen LogP contribution in [0.1, 0.15) is 25.0 Å². The molecule has 1 aromatic heterocycles. The molecule has 1 aliphatic heterocycles. The lowest BCUT2D eigenvalue weighted by molar-refractivity contribution is -0.134. The van der Waals surface area contributed by atoms with Gasteiger partial charge in [-0.05, 0) is 19.4 Å². The van der Waals surface area contributed by atoms with E-state index in [9.17, 15) is 13.2 Å². The third-order valence-electron chi connectivity index (χ3n) is 5.39. The number of rotatable bonds is 8. The van der Waals surface area contributed by atoms with E-state index < -0.39 is 10.0 Å². The lowest BCUT2D eigenvalue weighted by Gasteiger charge is -2.35. The molecule has 0 bridgehead atoms. The van der Waals surface area contributed by atoms with E-state index in [2.05, 4.69) is 23.8 Å². The summed E-state index contributed by atoms with van der Waals surface area (Å²) in [7, 11) is -1.51. The van der Waals surface area contributed by atoms with Gasteiger partial charge in [-0.15, -0.1) is 0 Å². The van der Waals surface area contributed by atoms with Gasteiger partial charge in [0.25, 0.3) is 0 Å². The number of aryl methyl sites for hydroxylation is 1. The highest BCUT2D eigenvalue weighted by Crippen LogP contribution is 2.15. The molecule has 2 aromatic rings. The van der Waals surface area contributed by atoms with Gasteiger partial charge in [0.1, 0.15) is 0 Å². The maximum Gasteiger partial charge on any atom is 0.236 e. The van der Waals surface area contributed by atoms with Gasteiger partial charge in [-0.1, -0.05) is 30.3 Å². The highest BCUT2D eigenvalue weighted by molar-refractivity contribution is 7.88. The van der Waals surface area contributed by atoms with Crippen molar-refractivity contribution in [2.75, 3.05) is 32.7 Å². The van der Waals surface area contributed by atoms with Crippen molar-refractivity contribution in [3.63, 3.8) is 0 Å². The van der Waals surface area contributed by atoms with Gasteiger partial charge >= 0.3 is 0 Å². The quantitative estimate of drug-likeness (QED) is 0.627. The van der Waals surface area contributed by atoms with Gasteiger partial charge in [-0.3, -0.25) is 14.4 Å². The van der Waals surface area contributed by atoms with Crippen LogP contribution >= 0.6 is 0 Å². The Balaban J connectivity index is 1.53. The van der Waals surface area contributed by atoms with Gasteiger partial charge in [-0.2, -0.15) is 9.40 Å². The van der Waals surface area contributed by atoms with E-state index in [4.69, 9.17) is 0 Å². The topological polar surface area (TPSA) is 78.8 Å². The highest BCUT2D eigenvalue weighted by Gasteiger charge is 2.29. The van der Waals surface area contributed by atoms with E-state index in [-0.39, 0.29) is 17.7 Å². The standard InChI is InChI=1S/C21H31N5O3S/c1-18(2)25(15-20-13-22-23(3)14-20)16-21(27)24-9-11-26(12-10-24)30(28,29)17-19-7-5-4-6-8-19/h4-8,13-14,18H,9-12,15-17H2,1-3H3. The molecule has 8 nitrogen and oxygen atoms in total. The normalized spacial score (nSPS) is 15.8. The van der Waals surface area contributed by atoms with E-state index in [1.807, 2.05) is 49.8 Å². The monoisotopic (exact) mass is 433 g/mol. The predicted octanol–water partition coefficient (Wildman–Crippen LogP) is 1.30. The van der Waals surface area contributed by atoms with Crippen molar-refractivity contribution in [2.45, 2.75) is 32.2 Å². The minimum absolute atomic E-state index is 0.00593. The average molecular weight is 434 g/mol. The maximum absolute atomic E-state index is 12.9. The summed E-state index contributed by atoms with van der Waals surface area (Å²) in [5.41, 5.74) is 1.84. The molecule has 164 valence electrons. The summed E-state index contributed by atoms with van der Waals surface area (Å²) in [6.45, 7) is 6.62. The van der Waals surface area contributed by atoms with Crippen LogP contribution in [0.2, 0.25) is 0 Å². The third kappa shape index (κ3) is 5.90. The summed E-state index contributed by atoms with van der Waals surface area (Å²) in [5, 5.41) is 4.19. The zero-order valence-corrected chi connectivity index (χ0v) is 18.8. The van der Waals surface area contributed by atoms with Crippen LogP contribution in [0.4, 0.5) is 0 Å². The number of sulfonamides is 1. The van der Waals surface area contributed by atoms with Gasteiger partial charge in [0.05, 0.1) is 18.5 Å². The largest absolute Gasteiger partial charge is 0.339 e. The molecule has 30 heavy (non-hydrogen) atoms. The van der Waals surface area contributed by atoms with Crippen LogP contribution in [0, 0.1) is 0 Å². The Morgan fingerprint density at radius 1 is 1.10 bits per heavy atom. The van der Waals surface area contributed by atoms with E-state index in [1.54, 1.807) is 9.58 Å². The van der Waals surface area contributed by atoms with Crippen LogP contribution < -0.4 is 0 Å². The highest BCUT2D eigenvalue weighted by atomic mass is 32.2. The summed E-state index contributed by atoms with van der Waals surface area (Å²) in [6.07, 6.45) is 3.77. The van der Waals surface area contributed by atoms with Crippen LogP contribution in [0.15, 0.2) is 42.7 Å². The Kier molecular flexibility index (Phi) is 7.27. The minimum Gasteiger partial charge on any atom is -0.339 e. The van der Waals surface area contributed by atoms with Gasteiger partial charge in [0, 0.05) is 57.6 Å². The van der Waals surface area contributed by atoms with Crippen molar-refractivity contribution in [3.05, 3.63) is 53.9 Å². The summed E-state index contributed by atoms with van der Waals surface area (Å²) in [5.74, 6) is 0.0290. The van der Waals surface area contributed by atoms with Crippen molar-refractivity contribution < 1.29 is 13.2 Å². The average Bonchev–Trinajstić information content (AvgIpc) is 3.12. The van der Waals surface area contributed by atoms with Crippen LogP contribution in [-0.2, 0) is 34.2 Å². The van der Waals surface area contributed by atoms with Gasteiger partial charge in [0.15, 0.2) is 0 Å². The molecular formula is C21H31N5O3S. The third-order valence-corrected chi connectivity index (χ3v) is 7.24. The number of hydrogen-bond acceptors (Lipinski definition) is 5. The molecule has 1 saturated heterocycles. The van der Waals surface area contributed by atoms with Crippen LogP contribution in [0.3, 0.4) is 0 Å². The molecule has 1 fully saturated rings. The van der Waals surface area contributed by atoms with Crippen LogP contribution in [0.5, 0.6) is 0 Å². The van der Waals surface area contributed by atoms with Crippen molar-refractivity contribution >= 4 is 15.9 Å². The zero-order valence-electron chi connectivity index (χ0n) is 17.9. The summed E-state index contributed by atoms with van der Waals surface area (Å²) in [4.78, 5) is 16.7. The Bertz CT molecular complexity index is 935. The number of carbonyl (C=O) groups is 1. The SMILES string of the molecule is CC(C)N(CC(=O)N1CCN(S(=O)(=O)Cc2ccccc2)CC1)Cc1cnn(C)c1. The second-order valence-electron chi connectivity index (χ2n) is 8.04. The molecule has 1 aromatic carbocycles. The van der Waals surface area contributed by atoms with Crippen molar-refractivity contribution in [1.29, 1.82) is 0 Å². The second kappa shape index (κ2) is 9.72. The van der Waals surface area contributed by atoms with Crippen molar-refractivity contribution in [1.82, 2.24) is 23.9 Å². The number of amides is 1. The number of hydrogen-bond donors (Lipinski definition) is 0. The first-order valence-electron chi connectivity index (χ1n) is 10.3. The lowest BCUT2D eigenvalue weighted by Crippen LogP contribution is -2.53. The lowest BCUT2D eigenvalue weighted by atomic mass is 10.2. The Morgan fingerprint density at radius 2 is 1.77 bits per heavy atom. The van der Waals surface area contributed by atoms with E-state index in [0.29, 0.717) is 39.3 Å². The molecule has 0 saturated carbocycles. The molecule has 1 amide bonds. The van der Waals surface area contributed by atoms with Crippen molar-refractivity contribution in [3.8, 4) is 0 Å². The number of aromatic nitrogens is 2. The fourth-order valence-corrected chi connectivity index (χ4v) is 5.09. The maximum atomic E-state index is 12.9. The molecule has 2 heterocycles. The molecule has 0 unspecified atom stereocenters. The molecule has 0 radical (unpaired) electrons. The second-order valence-corrected chi connectivity index (χ2v) is 10.0. The summed E-state index contributed by atoms with van der Waals surface area (Å²) >= 11 is 0. The molecule has 0 N–H and O–H groups in total. The number of carbonyl (C=O) groups excluding carboxylic acids is 1.